The summed E-state index contributed by atoms with van der Waals surface area (Å²) in [5.74, 6) is 0. The summed E-state index contributed by atoms with van der Waals surface area (Å²) in [6.45, 7) is 16.1. The van der Waals surface area contributed by atoms with Crippen LogP contribution in [0.5, 0.6) is 0 Å². The van der Waals surface area contributed by atoms with Crippen molar-refractivity contribution in [3.05, 3.63) is 0 Å². The van der Waals surface area contributed by atoms with Crippen LogP contribution in [0.25, 0.3) is 0 Å². The van der Waals surface area contributed by atoms with E-state index in [9.17, 15) is 9.13 Å². The van der Waals surface area contributed by atoms with Gasteiger partial charge in [-0.1, -0.05) is 24.4 Å². The van der Waals surface area contributed by atoms with Crippen LogP contribution >= 0.6 is 39.6 Å². The fraction of sp³-hybridized carbons (Fsp3) is 0.889. The molecule has 0 spiro atoms. The molecule has 0 atom stereocenters. The summed E-state index contributed by atoms with van der Waals surface area (Å²) in [5, 5.41) is 0. The monoisotopic (exact) mass is 502 g/mol. The van der Waals surface area contributed by atoms with Crippen LogP contribution in [-0.2, 0) is 27.2 Å². The summed E-state index contributed by atoms with van der Waals surface area (Å²) in [6, 6.07) is 0. The molecule has 0 unspecified atom stereocenters. The second-order valence-electron chi connectivity index (χ2n) is 8.15. The highest BCUT2D eigenvalue weighted by Crippen LogP contribution is 2.54. The third-order valence-electron chi connectivity index (χ3n) is 3.69. The Morgan fingerprint density at radius 1 is 0.600 bits per heavy atom. The molecule has 1 aliphatic heterocycles. The number of thiocarbonyl (C=S) groups is 2. The lowest BCUT2D eigenvalue weighted by Gasteiger charge is -2.40. The third kappa shape index (κ3) is 8.21. The second-order valence-corrected chi connectivity index (χ2v) is 13.2. The van der Waals surface area contributed by atoms with E-state index in [4.69, 9.17) is 42.5 Å². The molecule has 0 bridgehead atoms. The van der Waals surface area contributed by atoms with Crippen molar-refractivity contribution in [2.24, 2.45) is 0 Å². The van der Waals surface area contributed by atoms with Gasteiger partial charge in [-0.15, -0.1) is 0 Å². The summed E-state index contributed by atoms with van der Waals surface area (Å²) in [5.41, 5.74) is 0. The van der Waals surface area contributed by atoms with Crippen molar-refractivity contribution in [3.8, 4) is 0 Å². The molecule has 0 radical (unpaired) electrons. The molecular formula is C18H36N2O6P2S2. The van der Waals surface area contributed by atoms with E-state index in [0.717, 1.165) is 0 Å². The normalized spacial score (nSPS) is 16.3. The summed E-state index contributed by atoms with van der Waals surface area (Å²) >= 11 is 11.0. The van der Waals surface area contributed by atoms with Crippen LogP contribution in [0.4, 0.5) is 0 Å². The molecule has 0 aromatic heterocycles. The molecule has 8 nitrogen and oxygen atoms in total. The largest absolute Gasteiger partial charge is 0.388 e. The lowest BCUT2D eigenvalue weighted by Crippen LogP contribution is -2.50. The maximum absolute atomic E-state index is 13.3. The van der Waals surface area contributed by atoms with E-state index in [0.29, 0.717) is 26.2 Å². The molecular weight excluding hydrogens is 466 g/mol. The molecule has 0 saturated carbocycles. The molecule has 1 heterocycles. The number of hydrogen-bond acceptors (Lipinski definition) is 8. The van der Waals surface area contributed by atoms with Gasteiger partial charge in [-0.25, -0.2) is 0 Å². The van der Waals surface area contributed by atoms with Gasteiger partial charge in [0.05, 0.1) is 24.4 Å². The molecule has 176 valence electrons. The molecule has 0 amide bonds. The summed E-state index contributed by atoms with van der Waals surface area (Å²) < 4.78 is 49.3. The van der Waals surface area contributed by atoms with Crippen LogP contribution in [0.2, 0.25) is 0 Å². The Morgan fingerprint density at radius 2 is 0.800 bits per heavy atom. The highest BCUT2D eigenvalue weighted by atomic mass is 32.1. The zero-order chi connectivity index (χ0) is 23.3. The van der Waals surface area contributed by atoms with Crippen molar-refractivity contribution >= 4 is 49.1 Å². The molecule has 0 aromatic carbocycles. The van der Waals surface area contributed by atoms with E-state index in [1.54, 1.807) is 65.2 Å². The molecule has 30 heavy (non-hydrogen) atoms. The van der Waals surface area contributed by atoms with E-state index < -0.39 is 15.2 Å². The summed E-state index contributed by atoms with van der Waals surface area (Å²) in [4.78, 5) is 3.61. The van der Waals surface area contributed by atoms with Gasteiger partial charge in [0.1, 0.15) is 0 Å². The average molecular weight is 503 g/mol. The first kappa shape index (κ1) is 28.1. The maximum atomic E-state index is 13.3. The Kier molecular flexibility index (Phi) is 11.1. The minimum absolute atomic E-state index is 0.163. The summed E-state index contributed by atoms with van der Waals surface area (Å²) in [6.07, 6.45) is -1.19. The molecule has 1 fully saturated rings. The van der Waals surface area contributed by atoms with Crippen LogP contribution in [-0.4, -0.2) is 69.9 Å². The zero-order valence-corrected chi connectivity index (χ0v) is 22.6. The molecule has 0 N–H and O–H groups in total. The van der Waals surface area contributed by atoms with Gasteiger partial charge in [-0.05, 0) is 55.4 Å². The first-order valence-corrected chi connectivity index (χ1v) is 14.1. The minimum Gasteiger partial charge on any atom is -0.353 e. The minimum atomic E-state index is -3.60. The van der Waals surface area contributed by atoms with Crippen LogP contribution in [0, 0.1) is 0 Å². The predicted octanol–water partition coefficient (Wildman–Crippen LogP) is 5.26. The molecule has 0 aromatic rings. The van der Waals surface area contributed by atoms with Gasteiger partial charge in [0.2, 0.25) is 0 Å². The van der Waals surface area contributed by atoms with Crippen molar-refractivity contribution in [3.63, 3.8) is 0 Å². The number of hydrogen-bond donors (Lipinski definition) is 0. The SMILES string of the molecule is CC(C)OP(=O)(OC(C)C)C(=S)N1CCN(C(=S)P(=O)(OC(C)C)OC(C)C)CC1. The lowest BCUT2D eigenvalue weighted by molar-refractivity contribution is 0.145. The number of piperazine rings is 1. The van der Waals surface area contributed by atoms with E-state index in [1.807, 2.05) is 0 Å². The zero-order valence-electron chi connectivity index (χ0n) is 19.2. The molecule has 1 rings (SSSR count). The van der Waals surface area contributed by atoms with Gasteiger partial charge in [0.15, 0.2) is 9.46 Å². The standard InChI is InChI=1S/C18H36N2O6P2S2/c1-13(2)23-27(21,24-14(3)4)17(29)19-9-11-20(12-10-19)18(30)28(22,25-15(5)6)26-16(7)8/h13-16H,9-12H2,1-8H3. The lowest BCUT2D eigenvalue weighted by atomic mass is 10.4. The van der Waals surface area contributed by atoms with Crippen LogP contribution < -0.4 is 0 Å². The maximum Gasteiger partial charge on any atom is 0.388 e. The van der Waals surface area contributed by atoms with Crippen molar-refractivity contribution in [1.29, 1.82) is 0 Å². The van der Waals surface area contributed by atoms with Gasteiger partial charge in [0.25, 0.3) is 0 Å². The molecule has 1 saturated heterocycles. The average Bonchev–Trinajstić information content (AvgIpc) is 2.57. The highest BCUT2D eigenvalue weighted by Gasteiger charge is 2.41. The van der Waals surface area contributed by atoms with Gasteiger partial charge in [-0.2, -0.15) is 0 Å². The van der Waals surface area contributed by atoms with Crippen molar-refractivity contribution in [2.75, 3.05) is 26.2 Å². The Morgan fingerprint density at radius 3 is 0.967 bits per heavy atom. The van der Waals surface area contributed by atoms with Crippen LogP contribution in [0.15, 0.2) is 0 Å². The van der Waals surface area contributed by atoms with Gasteiger partial charge >= 0.3 is 15.2 Å². The van der Waals surface area contributed by atoms with Crippen molar-refractivity contribution in [1.82, 2.24) is 9.80 Å². The summed E-state index contributed by atoms with van der Waals surface area (Å²) in [7, 11) is -7.21. The topological polar surface area (TPSA) is 77.5 Å². The Balaban J connectivity index is 2.89. The quantitative estimate of drug-likeness (QED) is 0.292. The van der Waals surface area contributed by atoms with Gasteiger partial charge < -0.3 is 27.9 Å². The first-order valence-electron chi connectivity index (χ1n) is 10.2. The molecule has 12 heteroatoms. The van der Waals surface area contributed by atoms with E-state index in [-0.39, 0.29) is 33.9 Å². The molecule has 1 aliphatic rings. The Bertz CT molecular complexity index is 608. The first-order chi connectivity index (χ1) is 13.7. The van der Waals surface area contributed by atoms with Gasteiger partial charge in [-0.3, -0.25) is 9.13 Å². The highest BCUT2D eigenvalue weighted by molar-refractivity contribution is 7.98. The number of nitrogens with zero attached hydrogens (tertiary/aromatic N) is 2. The van der Waals surface area contributed by atoms with Gasteiger partial charge in [0, 0.05) is 26.2 Å². The third-order valence-corrected chi connectivity index (χ3v) is 9.85. The fourth-order valence-corrected chi connectivity index (χ4v) is 7.43. The van der Waals surface area contributed by atoms with Crippen molar-refractivity contribution < 1.29 is 27.2 Å². The fourth-order valence-electron chi connectivity index (χ4n) is 2.78. The van der Waals surface area contributed by atoms with E-state index in [1.165, 1.54) is 0 Å². The van der Waals surface area contributed by atoms with E-state index in [2.05, 4.69) is 0 Å². The predicted molar refractivity (Wildman–Crippen MR) is 128 cm³/mol. The molecule has 0 aliphatic carbocycles. The Hall–Kier alpha value is 0.0800. The van der Waals surface area contributed by atoms with Crippen LogP contribution in [0.1, 0.15) is 55.4 Å². The van der Waals surface area contributed by atoms with E-state index >= 15 is 0 Å². The Labute approximate surface area is 192 Å². The smallest absolute Gasteiger partial charge is 0.353 e. The number of rotatable bonds is 10. The van der Waals surface area contributed by atoms with Crippen molar-refractivity contribution in [2.45, 2.75) is 79.8 Å². The van der Waals surface area contributed by atoms with Crippen LogP contribution in [0.3, 0.4) is 0 Å². The second kappa shape index (κ2) is 11.8.